The Morgan fingerprint density at radius 1 is 1.17 bits per heavy atom. The molecule has 29 heavy (non-hydrogen) atoms. The first-order chi connectivity index (χ1) is 14.1. The number of aromatic nitrogens is 1. The summed E-state index contributed by atoms with van der Waals surface area (Å²) in [6.07, 6.45) is 8.96. The van der Waals surface area contributed by atoms with Crippen molar-refractivity contribution in [1.82, 2.24) is 4.98 Å². The van der Waals surface area contributed by atoms with Gasteiger partial charge in [0, 0.05) is 5.56 Å². The summed E-state index contributed by atoms with van der Waals surface area (Å²) in [6.45, 7) is 2.67. The standard InChI is InChI=1S/C24H31NO4/c1-3-15-29-23-14-10-18(28-2)16-20(23)22-13-11-19(24(26)27)21(25-22)12-9-17-7-5-4-6-8-17/h10-11,13-14,16-17H,3-9,12,15H2,1-2H3,(H,26,27). The maximum atomic E-state index is 11.7. The zero-order valence-corrected chi connectivity index (χ0v) is 17.4. The Morgan fingerprint density at radius 2 is 1.97 bits per heavy atom. The fourth-order valence-corrected chi connectivity index (χ4v) is 4.03. The average Bonchev–Trinajstić information content (AvgIpc) is 2.76. The maximum absolute atomic E-state index is 11.7. The van der Waals surface area contributed by atoms with Crippen LogP contribution < -0.4 is 9.47 Å². The zero-order chi connectivity index (χ0) is 20.6. The monoisotopic (exact) mass is 397 g/mol. The number of benzene rings is 1. The van der Waals surface area contributed by atoms with Crippen LogP contribution in [0.15, 0.2) is 30.3 Å². The first-order valence-electron chi connectivity index (χ1n) is 10.7. The summed E-state index contributed by atoms with van der Waals surface area (Å²) in [5.74, 6) is 1.21. The molecule has 3 rings (SSSR count). The lowest BCUT2D eigenvalue weighted by atomic mass is 9.85. The van der Waals surface area contributed by atoms with E-state index in [-0.39, 0.29) is 0 Å². The van der Waals surface area contributed by atoms with Gasteiger partial charge in [0.25, 0.3) is 0 Å². The van der Waals surface area contributed by atoms with E-state index in [4.69, 9.17) is 14.5 Å². The van der Waals surface area contributed by atoms with Crippen LogP contribution in [0.3, 0.4) is 0 Å². The molecule has 1 heterocycles. The summed E-state index contributed by atoms with van der Waals surface area (Å²) in [7, 11) is 1.63. The molecular formula is C24H31NO4. The van der Waals surface area contributed by atoms with Gasteiger partial charge in [0.05, 0.1) is 30.7 Å². The molecule has 0 unspecified atom stereocenters. The number of rotatable bonds is 9. The molecule has 0 radical (unpaired) electrons. The van der Waals surface area contributed by atoms with Crippen LogP contribution in [-0.2, 0) is 6.42 Å². The third-order valence-electron chi connectivity index (χ3n) is 5.64. The van der Waals surface area contributed by atoms with Crippen molar-refractivity contribution in [2.75, 3.05) is 13.7 Å². The Morgan fingerprint density at radius 3 is 2.66 bits per heavy atom. The second-order valence-electron chi connectivity index (χ2n) is 7.75. The maximum Gasteiger partial charge on any atom is 0.337 e. The van der Waals surface area contributed by atoms with E-state index < -0.39 is 5.97 Å². The van der Waals surface area contributed by atoms with Crippen molar-refractivity contribution in [1.29, 1.82) is 0 Å². The number of carbonyl (C=O) groups is 1. The largest absolute Gasteiger partial charge is 0.497 e. The van der Waals surface area contributed by atoms with E-state index in [0.29, 0.717) is 30.2 Å². The molecule has 156 valence electrons. The molecule has 5 nitrogen and oxygen atoms in total. The van der Waals surface area contributed by atoms with E-state index in [1.54, 1.807) is 19.2 Å². The predicted molar refractivity (Wildman–Crippen MR) is 114 cm³/mol. The van der Waals surface area contributed by atoms with Gasteiger partial charge in [-0.15, -0.1) is 0 Å². The van der Waals surface area contributed by atoms with Crippen LogP contribution in [-0.4, -0.2) is 29.8 Å². The lowest BCUT2D eigenvalue weighted by Gasteiger charge is -2.21. The summed E-state index contributed by atoms with van der Waals surface area (Å²) in [4.78, 5) is 16.5. The molecule has 1 fully saturated rings. The minimum absolute atomic E-state index is 0.295. The summed E-state index contributed by atoms with van der Waals surface area (Å²) < 4.78 is 11.3. The molecule has 5 heteroatoms. The Hall–Kier alpha value is -2.56. The van der Waals surface area contributed by atoms with Crippen molar-refractivity contribution in [3.05, 3.63) is 41.6 Å². The van der Waals surface area contributed by atoms with Crippen LogP contribution in [0, 0.1) is 5.92 Å². The number of carboxylic acids is 1. The van der Waals surface area contributed by atoms with Crippen molar-refractivity contribution < 1.29 is 19.4 Å². The smallest absolute Gasteiger partial charge is 0.337 e. The number of hydrogen-bond donors (Lipinski definition) is 1. The summed E-state index contributed by atoms with van der Waals surface area (Å²) in [6, 6.07) is 9.09. The summed E-state index contributed by atoms with van der Waals surface area (Å²) in [5, 5.41) is 9.63. The van der Waals surface area contributed by atoms with Gasteiger partial charge in [-0.05, 0) is 55.5 Å². The third kappa shape index (κ3) is 5.49. The van der Waals surface area contributed by atoms with Crippen molar-refractivity contribution >= 4 is 5.97 Å². The molecule has 1 aliphatic rings. The molecule has 0 saturated heterocycles. The van der Waals surface area contributed by atoms with Crippen molar-refractivity contribution in [2.24, 2.45) is 5.92 Å². The molecule has 0 bridgehead atoms. The van der Waals surface area contributed by atoms with Crippen LogP contribution in [0.5, 0.6) is 11.5 Å². The summed E-state index contributed by atoms with van der Waals surface area (Å²) in [5.41, 5.74) is 2.50. The first-order valence-corrected chi connectivity index (χ1v) is 10.7. The van der Waals surface area contributed by atoms with Gasteiger partial charge in [-0.25, -0.2) is 4.79 Å². The molecule has 1 aromatic heterocycles. The minimum Gasteiger partial charge on any atom is -0.497 e. The predicted octanol–water partition coefficient (Wildman–Crippen LogP) is 5.76. The summed E-state index contributed by atoms with van der Waals surface area (Å²) >= 11 is 0. The lowest BCUT2D eigenvalue weighted by molar-refractivity contribution is 0.0695. The Kier molecular flexibility index (Phi) is 7.50. The highest BCUT2D eigenvalue weighted by Gasteiger charge is 2.19. The molecule has 0 spiro atoms. The second kappa shape index (κ2) is 10.3. The van der Waals surface area contributed by atoms with Gasteiger partial charge in [-0.1, -0.05) is 39.0 Å². The number of aryl methyl sites for hydroxylation is 1. The molecule has 0 amide bonds. The highest BCUT2D eigenvalue weighted by molar-refractivity contribution is 5.89. The molecular weight excluding hydrogens is 366 g/mol. The van der Waals surface area contributed by atoms with Gasteiger partial charge < -0.3 is 14.6 Å². The van der Waals surface area contributed by atoms with Crippen LogP contribution in [0.1, 0.15) is 67.9 Å². The number of ether oxygens (including phenoxy) is 2. The number of nitrogens with zero attached hydrogens (tertiary/aromatic N) is 1. The van der Waals surface area contributed by atoms with Crippen molar-refractivity contribution in [3.63, 3.8) is 0 Å². The lowest BCUT2D eigenvalue weighted by Crippen LogP contribution is -2.11. The quantitative estimate of drug-likeness (QED) is 0.583. The molecule has 1 N–H and O–H groups in total. The molecule has 0 atom stereocenters. The highest BCUT2D eigenvalue weighted by atomic mass is 16.5. The average molecular weight is 398 g/mol. The SMILES string of the molecule is CCCOc1ccc(OC)cc1-c1ccc(C(=O)O)c(CCC2CCCCC2)n1. The fraction of sp³-hybridized carbons (Fsp3) is 0.500. The molecule has 1 aliphatic carbocycles. The van der Waals surface area contributed by atoms with Gasteiger partial charge in [0.15, 0.2) is 0 Å². The molecule has 2 aromatic rings. The zero-order valence-electron chi connectivity index (χ0n) is 17.4. The third-order valence-corrected chi connectivity index (χ3v) is 5.64. The molecule has 0 aliphatic heterocycles. The van der Waals surface area contributed by atoms with Crippen LogP contribution >= 0.6 is 0 Å². The normalized spacial score (nSPS) is 14.6. The van der Waals surface area contributed by atoms with Gasteiger partial charge in [0.1, 0.15) is 11.5 Å². The van der Waals surface area contributed by atoms with E-state index in [1.807, 2.05) is 18.2 Å². The molecule has 1 saturated carbocycles. The van der Waals surface area contributed by atoms with E-state index >= 15 is 0 Å². The number of hydrogen-bond acceptors (Lipinski definition) is 4. The van der Waals surface area contributed by atoms with Crippen molar-refractivity contribution in [3.8, 4) is 22.8 Å². The Labute approximate surface area is 173 Å². The number of carboxylic acid groups (broad SMARTS) is 1. The fourth-order valence-electron chi connectivity index (χ4n) is 4.03. The first kappa shape index (κ1) is 21.2. The van der Waals surface area contributed by atoms with Crippen LogP contribution in [0.4, 0.5) is 0 Å². The van der Waals surface area contributed by atoms with Gasteiger partial charge in [0.2, 0.25) is 0 Å². The second-order valence-corrected chi connectivity index (χ2v) is 7.75. The van der Waals surface area contributed by atoms with E-state index in [0.717, 1.165) is 35.6 Å². The number of methoxy groups -OCH3 is 1. The highest BCUT2D eigenvalue weighted by Crippen LogP contribution is 2.34. The van der Waals surface area contributed by atoms with Gasteiger partial charge in [-0.2, -0.15) is 0 Å². The van der Waals surface area contributed by atoms with Gasteiger partial charge >= 0.3 is 5.97 Å². The van der Waals surface area contributed by atoms with Crippen LogP contribution in [0.25, 0.3) is 11.3 Å². The van der Waals surface area contributed by atoms with Gasteiger partial charge in [-0.3, -0.25) is 4.98 Å². The Bertz CT molecular complexity index is 828. The van der Waals surface area contributed by atoms with Crippen molar-refractivity contribution in [2.45, 2.75) is 58.3 Å². The number of aromatic carboxylic acids is 1. The minimum atomic E-state index is -0.921. The topological polar surface area (TPSA) is 68.7 Å². The Balaban J connectivity index is 1.92. The number of pyridine rings is 1. The van der Waals surface area contributed by atoms with E-state index in [1.165, 1.54) is 32.1 Å². The molecule has 1 aromatic carbocycles. The van der Waals surface area contributed by atoms with E-state index in [2.05, 4.69) is 6.92 Å². The van der Waals surface area contributed by atoms with E-state index in [9.17, 15) is 9.90 Å². The van der Waals surface area contributed by atoms with Crippen LogP contribution in [0.2, 0.25) is 0 Å².